The molecule has 4 nitrogen and oxygen atoms in total. The van der Waals surface area contributed by atoms with Gasteiger partial charge in [-0.15, -0.1) is 24.8 Å². The minimum Gasteiger partial charge on any atom is -0.503 e. The minimum atomic E-state index is -4.40. The second kappa shape index (κ2) is 9.17. The lowest BCUT2D eigenvalue weighted by molar-refractivity contribution is -0.187. The van der Waals surface area contributed by atoms with E-state index in [1.54, 1.807) is 0 Å². The Morgan fingerprint density at radius 1 is 1.26 bits per heavy atom. The maximum Gasteiger partial charge on any atom is 0.408 e. The maximum atomic E-state index is 13.5. The smallest absolute Gasteiger partial charge is 0.408 e. The highest BCUT2D eigenvalue weighted by atomic mass is 79.9. The Morgan fingerprint density at radius 3 is 2.30 bits per heavy atom. The van der Waals surface area contributed by atoms with Crippen LogP contribution in [-0.2, 0) is 0 Å². The number of hydrogen-bond donors (Lipinski definition) is 2. The van der Waals surface area contributed by atoms with Crippen LogP contribution < -0.4 is 10.1 Å². The number of phenolic OH excluding ortho intramolecular Hbond substituents is 1. The summed E-state index contributed by atoms with van der Waals surface area (Å²) in [6.07, 6.45) is -4.40. The van der Waals surface area contributed by atoms with Gasteiger partial charge in [0.1, 0.15) is 6.04 Å². The summed E-state index contributed by atoms with van der Waals surface area (Å²) < 4.78 is 45.6. The Kier molecular flexibility index (Phi) is 9.01. The summed E-state index contributed by atoms with van der Waals surface area (Å²) in [5, 5.41) is 12.8. The highest BCUT2D eigenvalue weighted by Gasteiger charge is 2.45. The summed E-state index contributed by atoms with van der Waals surface area (Å²) in [7, 11) is 1.30. The Labute approximate surface area is 153 Å². The van der Waals surface area contributed by atoms with Crippen molar-refractivity contribution in [3.05, 3.63) is 22.2 Å². The van der Waals surface area contributed by atoms with E-state index in [9.17, 15) is 18.3 Å². The van der Waals surface area contributed by atoms with Crippen molar-refractivity contribution in [3.8, 4) is 11.5 Å². The Morgan fingerprint density at radius 2 is 1.83 bits per heavy atom. The number of phenols is 1. The third-order valence-electron chi connectivity index (χ3n) is 3.41. The summed E-state index contributed by atoms with van der Waals surface area (Å²) in [6, 6.07) is 0.809. The number of methoxy groups -OCH3 is 1. The summed E-state index contributed by atoms with van der Waals surface area (Å²) in [5.41, 5.74) is 0.0472. The molecule has 0 saturated carbocycles. The van der Waals surface area contributed by atoms with Crippen LogP contribution in [-0.4, -0.2) is 49.5 Å². The zero-order valence-corrected chi connectivity index (χ0v) is 15.4. The molecule has 0 unspecified atom stereocenters. The van der Waals surface area contributed by atoms with Crippen LogP contribution in [0.25, 0.3) is 0 Å². The summed E-state index contributed by atoms with van der Waals surface area (Å²) in [4.78, 5) is 1.38. The molecular formula is C13H18BrCl2F3N2O2. The van der Waals surface area contributed by atoms with E-state index < -0.39 is 12.2 Å². The van der Waals surface area contributed by atoms with E-state index in [2.05, 4.69) is 21.2 Å². The van der Waals surface area contributed by atoms with Crippen molar-refractivity contribution in [1.82, 2.24) is 10.2 Å². The number of piperazine rings is 1. The molecule has 23 heavy (non-hydrogen) atoms. The minimum absolute atomic E-state index is 0. The fourth-order valence-electron chi connectivity index (χ4n) is 2.45. The van der Waals surface area contributed by atoms with Gasteiger partial charge in [-0.25, -0.2) is 0 Å². The van der Waals surface area contributed by atoms with E-state index in [0.29, 0.717) is 26.2 Å². The number of nitrogens with one attached hydrogen (secondary N) is 1. The van der Waals surface area contributed by atoms with Gasteiger partial charge in [0.05, 0.1) is 11.6 Å². The van der Waals surface area contributed by atoms with E-state index >= 15 is 0 Å². The first-order chi connectivity index (χ1) is 9.84. The van der Waals surface area contributed by atoms with Crippen molar-refractivity contribution < 1.29 is 23.0 Å². The number of alkyl halides is 3. The standard InChI is InChI=1S/C13H16BrF3N2O2.2ClH/c1-21-10-7-8(6-9(14)11(10)20)12(13(15,16)17)19-4-2-18-3-5-19;;/h6-7,12,18,20H,2-5H2,1H3;2*1H/t12-;;/m1../s1. The van der Waals surface area contributed by atoms with E-state index in [4.69, 9.17) is 4.74 Å². The molecular weight excluding hydrogens is 424 g/mol. The number of ether oxygens (including phenoxy) is 1. The Balaban J connectivity index is 0.00000242. The average molecular weight is 442 g/mol. The third-order valence-corrected chi connectivity index (χ3v) is 4.02. The normalized spacial score (nSPS) is 16.9. The van der Waals surface area contributed by atoms with Crippen molar-refractivity contribution in [2.24, 2.45) is 0 Å². The molecule has 1 atom stereocenters. The topological polar surface area (TPSA) is 44.7 Å². The molecule has 1 heterocycles. The third kappa shape index (κ3) is 5.29. The molecule has 1 aromatic carbocycles. The number of aromatic hydroxyl groups is 1. The Bertz CT molecular complexity index is 515. The average Bonchev–Trinajstić information content (AvgIpc) is 2.42. The zero-order valence-electron chi connectivity index (χ0n) is 12.2. The van der Waals surface area contributed by atoms with Gasteiger partial charge in [-0.3, -0.25) is 4.90 Å². The van der Waals surface area contributed by atoms with Crippen molar-refractivity contribution in [2.45, 2.75) is 12.2 Å². The van der Waals surface area contributed by atoms with Gasteiger partial charge in [0.25, 0.3) is 0 Å². The zero-order chi connectivity index (χ0) is 15.6. The molecule has 1 aliphatic heterocycles. The van der Waals surface area contributed by atoms with Gasteiger partial charge in [-0.05, 0) is 33.6 Å². The van der Waals surface area contributed by atoms with Gasteiger partial charge in [0.2, 0.25) is 0 Å². The monoisotopic (exact) mass is 440 g/mol. The fraction of sp³-hybridized carbons (Fsp3) is 0.538. The van der Waals surface area contributed by atoms with Crippen molar-refractivity contribution in [3.63, 3.8) is 0 Å². The largest absolute Gasteiger partial charge is 0.503 e. The summed E-state index contributed by atoms with van der Waals surface area (Å²) in [5.74, 6) is -0.189. The van der Waals surface area contributed by atoms with Crippen molar-refractivity contribution in [1.29, 1.82) is 0 Å². The van der Waals surface area contributed by atoms with Gasteiger partial charge in [0.15, 0.2) is 11.5 Å². The first-order valence-electron chi connectivity index (χ1n) is 6.42. The molecule has 0 spiro atoms. The van der Waals surface area contributed by atoms with Gasteiger partial charge in [-0.1, -0.05) is 0 Å². The van der Waals surface area contributed by atoms with Crippen LogP contribution in [0.1, 0.15) is 11.6 Å². The number of nitrogens with zero attached hydrogens (tertiary/aromatic N) is 1. The van der Waals surface area contributed by atoms with Crippen molar-refractivity contribution >= 4 is 40.7 Å². The highest BCUT2D eigenvalue weighted by Crippen LogP contribution is 2.43. The number of benzene rings is 1. The van der Waals surface area contributed by atoms with Crippen LogP contribution in [0, 0.1) is 0 Å². The summed E-state index contributed by atoms with van der Waals surface area (Å²) >= 11 is 3.07. The van der Waals surface area contributed by atoms with Crippen LogP contribution in [0.15, 0.2) is 16.6 Å². The van der Waals surface area contributed by atoms with Gasteiger partial charge in [0, 0.05) is 26.2 Å². The summed E-state index contributed by atoms with van der Waals surface area (Å²) in [6.45, 7) is 1.65. The van der Waals surface area contributed by atoms with E-state index in [1.165, 1.54) is 24.1 Å². The van der Waals surface area contributed by atoms with Gasteiger partial charge >= 0.3 is 6.18 Å². The molecule has 0 radical (unpaired) electrons. The molecule has 1 aliphatic rings. The predicted molar refractivity (Wildman–Crippen MR) is 90.1 cm³/mol. The second-order valence-corrected chi connectivity index (χ2v) is 5.64. The van der Waals surface area contributed by atoms with Crippen molar-refractivity contribution in [2.75, 3.05) is 33.3 Å². The lowest BCUT2D eigenvalue weighted by atomic mass is 10.0. The van der Waals surface area contributed by atoms with Crippen LogP contribution in [0.3, 0.4) is 0 Å². The number of hydrogen-bond acceptors (Lipinski definition) is 4. The molecule has 0 aliphatic carbocycles. The van der Waals surface area contributed by atoms with Gasteiger partial charge in [-0.2, -0.15) is 13.2 Å². The van der Waals surface area contributed by atoms with Crippen LogP contribution in [0.2, 0.25) is 0 Å². The first kappa shape index (κ1) is 22.6. The lowest BCUT2D eigenvalue weighted by Gasteiger charge is -2.36. The maximum absolute atomic E-state index is 13.5. The molecule has 1 aromatic rings. The second-order valence-electron chi connectivity index (χ2n) is 4.78. The highest BCUT2D eigenvalue weighted by molar-refractivity contribution is 9.10. The van der Waals surface area contributed by atoms with Crippen LogP contribution in [0.4, 0.5) is 13.2 Å². The fourth-order valence-corrected chi connectivity index (χ4v) is 2.91. The van der Waals surface area contributed by atoms with Crippen LogP contribution >= 0.6 is 40.7 Å². The molecule has 1 fully saturated rings. The Hall–Kier alpha value is -0.410. The molecule has 0 bridgehead atoms. The van der Waals surface area contributed by atoms with Crippen LogP contribution in [0.5, 0.6) is 11.5 Å². The molecule has 0 amide bonds. The first-order valence-corrected chi connectivity index (χ1v) is 7.21. The molecule has 10 heteroatoms. The molecule has 1 saturated heterocycles. The molecule has 2 rings (SSSR count). The number of halogens is 6. The quantitative estimate of drug-likeness (QED) is 0.753. The predicted octanol–water partition coefficient (Wildman–Crippen LogP) is 3.52. The van der Waals surface area contributed by atoms with Gasteiger partial charge < -0.3 is 15.2 Å². The van der Waals surface area contributed by atoms with E-state index in [0.717, 1.165) is 0 Å². The SMILES string of the molecule is COc1cc([C@@H](N2CCNCC2)C(F)(F)F)cc(Br)c1O.Cl.Cl. The number of rotatable bonds is 3. The molecule has 2 N–H and O–H groups in total. The molecule has 0 aromatic heterocycles. The lowest BCUT2D eigenvalue weighted by Crippen LogP contribution is -2.49. The van der Waals surface area contributed by atoms with E-state index in [1.807, 2.05) is 0 Å². The molecule has 134 valence electrons. The van der Waals surface area contributed by atoms with E-state index in [-0.39, 0.29) is 46.3 Å².